The zero-order valence-corrected chi connectivity index (χ0v) is 18.3. The Morgan fingerprint density at radius 2 is 1.86 bits per heavy atom. The number of thiocarbonyl (C=S) groups is 1. The number of aryl methyl sites for hydroxylation is 1. The summed E-state index contributed by atoms with van der Waals surface area (Å²) in [6.07, 6.45) is 1.56. The van der Waals surface area contributed by atoms with Crippen molar-refractivity contribution in [2.75, 3.05) is 39.9 Å². The number of methoxy groups -OCH3 is 1. The van der Waals surface area contributed by atoms with Crippen LogP contribution in [0.3, 0.4) is 0 Å². The monoisotopic (exact) mass is 420 g/mol. The van der Waals surface area contributed by atoms with Gasteiger partial charge in [0.1, 0.15) is 6.04 Å². The molecule has 2 amide bonds. The van der Waals surface area contributed by atoms with Gasteiger partial charge >= 0.3 is 0 Å². The lowest BCUT2D eigenvalue weighted by molar-refractivity contribution is -0.124. The van der Waals surface area contributed by atoms with Gasteiger partial charge in [0.2, 0.25) is 5.91 Å². The molecule has 1 aromatic rings. The molecular weight excluding hydrogens is 388 g/mol. The minimum Gasteiger partial charge on any atom is -0.383 e. The number of nitrogens with one attached hydrogen (secondary N) is 3. The number of ether oxygens (including phenoxy) is 1. The van der Waals surface area contributed by atoms with Gasteiger partial charge in [0.05, 0.1) is 6.61 Å². The molecule has 160 valence electrons. The molecule has 1 aliphatic heterocycles. The summed E-state index contributed by atoms with van der Waals surface area (Å²) in [6.45, 7) is 7.14. The second kappa shape index (κ2) is 11.7. The van der Waals surface area contributed by atoms with Crippen molar-refractivity contribution in [1.82, 2.24) is 20.9 Å². The molecule has 0 bridgehead atoms. The van der Waals surface area contributed by atoms with Crippen LogP contribution in [-0.4, -0.2) is 67.8 Å². The number of rotatable bonds is 8. The van der Waals surface area contributed by atoms with Gasteiger partial charge in [-0.2, -0.15) is 0 Å². The predicted octanol–water partition coefficient (Wildman–Crippen LogP) is 1.46. The Morgan fingerprint density at radius 3 is 2.45 bits per heavy atom. The number of piperidine rings is 1. The molecule has 1 aliphatic rings. The summed E-state index contributed by atoms with van der Waals surface area (Å²) in [5.74, 6) is -0.356. The molecule has 1 unspecified atom stereocenters. The molecule has 1 atom stereocenters. The van der Waals surface area contributed by atoms with Gasteiger partial charge in [0.15, 0.2) is 5.11 Å². The van der Waals surface area contributed by atoms with Crippen molar-refractivity contribution in [3.05, 3.63) is 35.4 Å². The molecule has 8 heteroatoms. The fourth-order valence-corrected chi connectivity index (χ4v) is 3.74. The molecule has 3 N–H and O–H groups in total. The lowest BCUT2D eigenvalue weighted by Crippen LogP contribution is -2.54. The zero-order chi connectivity index (χ0) is 21.2. The largest absolute Gasteiger partial charge is 0.383 e. The van der Waals surface area contributed by atoms with Crippen molar-refractivity contribution in [1.29, 1.82) is 0 Å². The Balaban J connectivity index is 2.05. The Morgan fingerprint density at radius 1 is 1.21 bits per heavy atom. The minimum absolute atomic E-state index is 0.0487. The Hall–Kier alpha value is -2.19. The smallest absolute Gasteiger partial charge is 0.251 e. The van der Waals surface area contributed by atoms with Gasteiger partial charge in [-0.3, -0.25) is 9.59 Å². The number of nitrogens with zero attached hydrogens (tertiary/aromatic N) is 1. The molecule has 0 aromatic heterocycles. The highest BCUT2D eigenvalue weighted by Gasteiger charge is 2.33. The first kappa shape index (κ1) is 23.1. The fraction of sp³-hybridized carbons (Fsp3) is 0.571. The summed E-state index contributed by atoms with van der Waals surface area (Å²) in [6, 6.07) is 6.76. The maximum absolute atomic E-state index is 12.8. The quantitative estimate of drug-likeness (QED) is 0.436. The van der Waals surface area contributed by atoms with E-state index in [9.17, 15) is 9.59 Å². The SMILES string of the molecule is CCNC(=S)N1CCC(C(NC(=O)c2ccc(C)cc2)C(=O)NCCOC)CC1. The first-order valence-electron chi connectivity index (χ1n) is 10.1. The third-order valence-corrected chi connectivity index (χ3v) is 5.52. The molecule has 1 heterocycles. The van der Waals surface area contributed by atoms with E-state index in [1.807, 2.05) is 26.0 Å². The molecule has 0 radical (unpaired) electrons. The highest BCUT2D eigenvalue weighted by molar-refractivity contribution is 7.80. The molecule has 1 saturated heterocycles. The molecular formula is C21H32N4O3S. The summed E-state index contributed by atoms with van der Waals surface area (Å²) in [5, 5.41) is 9.75. The molecule has 2 rings (SSSR count). The highest BCUT2D eigenvalue weighted by atomic mass is 32.1. The minimum atomic E-state index is -0.587. The van der Waals surface area contributed by atoms with Gasteiger partial charge in [0, 0.05) is 38.9 Å². The predicted molar refractivity (Wildman–Crippen MR) is 118 cm³/mol. The lowest BCUT2D eigenvalue weighted by Gasteiger charge is -2.37. The van der Waals surface area contributed by atoms with Crippen molar-refractivity contribution < 1.29 is 14.3 Å². The topological polar surface area (TPSA) is 82.7 Å². The molecule has 0 saturated carbocycles. The highest BCUT2D eigenvalue weighted by Crippen LogP contribution is 2.22. The summed E-state index contributed by atoms with van der Waals surface area (Å²) < 4.78 is 5.01. The van der Waals surface area contributed by atoms with E-state index in [2.05, 4.69) is 20.9 Å². The standard InChI is InChI=1S/C21H32N4O3S/c1-4-22-21(29)25-12-9-16(10-13-25)18(20(27)23-11-14-28-3)24-19(26)17-7-5-15(2)6-8-17/h5-8,16,18H,4,9-14H2,1-3H3,(H,22,29)(H,23,27)(H,24,26). The molecule has 0 spiro atoms. The van der Waals surface area contributed by atoms with E-state index < -0.39 is 6.04 Å². The molecule has 0 aliphatic carbocycles. The van der Waals surface area contributed by atoms with Crippen molar-refractivity contribution in [2.24, 2.45) is 5.92 Å². The van der Waals surface area contributed by atoms with Crippen LogP contribution in [0.15, 0.2) is 24.3 Å². The van der Waals surface area contributed by atoms with Gasteiger partial charge in [-0.25, -0.2) is 0 Å². The van der Waals surface area contributed by atoms with Crippen LogP contribution in [0.2, 0.25) is 0 Å². The third-order valence-electron chi connectivity index (χ3n) is 5.11. The van der Waals surface area contributed by atoms with Crippen LogP contribution < -0.4 is 16.0 Å². The normalized spacial score (nSPS) is 15.5. The van der Waals surface area contributed by atoms with Crippen molar-refractivity contribution in [3.8, 4) is 0 Å². The van der Waals surface area contributed by atoms with Crippen LogP contribution in [0.1, 0.15) is 35.7 Å². The van der Waals surface area contributed by atoms with Gasteiger partial charge in [-0.05, 0) is 57.0 Å². The maximum atomic E-state index is 12.8. The van der Waals surface area contributed by atoms with Gasteiger partial charge < -0.3 is 25.6 Å². The maximum Gasteiger partial charge on any atom is 0.251 e. The van der Waals surface area contributed by atoms with Crippen molar-refractivity contribution >= 4 is 29.1 Å². The Labute approximate surface area is 178 Å². The summed E-state index contributed by atoms with van der Waals surface area (Å²) in [5.41, 5.74) is 1.63. The van der Waals surface area contributed by atoms with Gasteiger partial charge in [0.25, 0.3) is 5.91 Å². The second-order valence-electron chi connectivity index (χ2n) is 7.26. The molecule has 7 nitrogen and oxygen atoms in total. The van der Waals surface area contributed by atoms with Crippen LogP contribution in [-0.2, 0) is 9.53 Å². The molecule has 1 fully saturated rings. The van der Waals surface area contributed by atoms with E-state index in [0.717, 1.165) is 43.2 Å². The van der Waals surface area contributed by atoms with Gasteiger partial charge in [-0.15, -0.1) is 0 Å². The average Bonchev–Trinajstić information content (AvgIpc) is 2.72. The summed E-state index contributed by atoms with van der Waals surface area (Å²) in [4.78, 5) is 27.7. The number of carbonyl (C=O) groups excluding carboxylic acids is 2. The van der Waals surface area contributed by atoms with E-state index in [1.54, 1.807) is 19.2 Å². The van der Waals surface area contributed by atoms with Crippen molar-refractivity contribution in [2.45, 2.75) is 32.7 Å². The number of hydrogen-bond donors (Lipinski definition) is 3. The van der Waals surface area contributed by atoms with E-state index in [1.165, 1.54) is 0 Å². The zero-order valence-electron chi connectivity index (χ0n) is 17.5. The summed E-state index contributed by atoms with van der Waals surface area (Å²) in [7, 11) is 1.59. The third kappa shape index (κ3) is 6.97. The van der Waals surface area contributed by atoms with E-state index in [-0.39, 0.29) is 17.7 Å². The number of amides is 2. The van der Waals surface area contributed by atoms with E-state index in [4.69, 9.17) is 17.0 Å². The second-order valence-corrected chi connectivity index (χ2v) is 7.65. The average molecular weight is 421 g/mol. The van der Waals surface area contributed by atoms with Crippen molar-refractivity contribution in [3.63, 3.8) is 0 Å². The lowest BCUT2D eigenvalue weighted by atomic mass is 9.88. The van der Waals surface area contributed by atoms with Crippen LogP contribution in [0.4, 0.5) is 0 Å². The van der Waals surface area contributed by atoms with Crippen LogP contribution in [0, 0.1) is 12.8 Å². The van der Waals surface area contributed by atoms with Crippen LogP contribution in [0.5, 0.6) is 0 Å². The number of likely N-dealkylation sites (tertiary alicyclic amines) is 1. The Bertz CT molecular complexity index is 688. The number of carbonyl (C=O) groups is 2. The Kier molecular flexibility index (Phi) is 9.34. The fourth-order valence-electron chi connectivity index (χ4n) is 3.41. The van der Waals surface area contributed by atoms with E-state index >= 15 is 0 Å². The summed E-state index contributed by atoms with van der Waals surface area (Å²) >= 11 is 5.40. The number of benzene rings is 1. The number of hydrogen-bond acceptors (Lipinski definition) is 4. The molecule has 29 heavy (non-hydrogen) atoms. The van der Waals surface area contributed by atoms with Gasteiger partial charge in [-0.1, -0.05) is 17.7 Å². The molecule has 1 aromatic carbocycles. The van der Waals surface area contributed by atoms with Crippen LogP contribution >= 0.6 is 12.2 Å². The first-order chi connectivity index (χ1) is 14.0. The van der Waals surface area contributed by atoms with Crippen LogP contribution in [0.25, 0.3) is 0 Å². The van der Waals surface area contributed by atoms with E-state index in [0.29, 0.717) is 18.7 Å². The first-order valence-corrected chi connectivity index (χ1v) is 10.5.